The molecule has 0 heterocycles. The molecule has 0 aliphatic heterocycles. The van der Waals surface area contributed by atoms with E-state index in [1.165, 1.54) is 11.8 Å². The summed E-state index contributed by atoms with van der Waals surface area (Å²) in [5, 5.41) is -0.419. The highest BCUT2D eigenvalue weighted by Gasteiger charge is 2.22. The molecular formula is C15H16N2O2S. The van der Waals surface area contributed by atoms with Gasteiger partial charge in [0.15, 0.2) is 0 Å². The van der Waals surface area contributed by atoms with Gasteiger partial charge in [0.2, 0.25) is 0 Å². The second-order valence-corrected chi connectivity index (χ2v) is 5.21. The van der Waals surface area contributed by atoms with Crippen molar-refractivity contribution in [3.8, 4) is 5.75 Å². The molecule has 2 aromatic rings. The van der Waals surface area contributed by atoms with Crippen molar-refractivity contribution in [2.45, 2.75) is 10.1 Å². The molecule has 0 spiro atoms. The van der Waals surface area contributed by atoms with Crippen molar-refractivity contribution >= 4 is 17.7 Å². The summed E-state index contributed by atoms with van der Waals surface area (Å²) >= 11 is 1.41. The number of ether oxygens (including phenoxy) is 1. The lowest BCUT2D eigenvalue weighted by atomic mass is 10.1. The molecule has 1 unspecified atom stereocenters. The van der Waals surface area contributed by atoms with Gasteiger partial charge in [-0.2, -0.15) is 0 Å². The summed E-state index contributed by atoms with van der Waals surface area (Å²) in [6.07, 6.45) is 0. The normalized spacial score (nSPS) is 11.7. The van der Waals surface area contributed by atoms with E-state index < -0.39 is 5.25 Å². The van der Waals surface area contributed by atoms with Crippen LogP contribution in [0, 0.1) is 0 Å². The number of nitrogens with one attached hydrogen (secondary N) is 1. The van der Waals surface area contributed by atoms with Crippen LogP contribution in [0.15, 0.2) is 59.5 Å². The fourth-order valence-electron chi connectivity index (χ4n) is 1.82. The maximum absolute atomic E-state index is 12.0. The molecule has 0 aliphatic carbocycles. The van der Waals surface area contributed by atoms with E-state index in [1.54, 1.807) is 7.11 Å². The maximum atomic E-state index is 12.0. The van der Waals surface area contributed by atoms with Crippen LogP contribution in [0.3, 0.4) is 0 Å². The second-order valence-electron chi connectivity index (χ2n) is 4.07. The van der Waals surface area contributed by atoms with Crippen LogP contribution in [0.5, 0.6) is 5.75 Å². The van der Waals surface area contributed by atoms with Gasteiger partial charge >= 0.3 is 0 Å². The standard InChI is InChI=1S/C15H16N2O2S/c1-19-12-9-5-6-10-13(12)20-14(15(18)17-16)11-7-3-2-4-8-11/h2-10,14H,16H2,1H3,(H,17,18). The van der Waals surface area contributed by atoms with E-state index in [4.69, 9.17) is 10.6 Å². The van der Waals surface area contributed by atoms with E-state index >= 15 is 0 Å². The van der Waals surface area contributed by atoms with Gasteiger partial charge in [-0.25, -0.2) is 5.84 Å². The number of amides is 1. The molecule has 2 rings (SSSR count). The molecule has 0 fully saturated rings. The minimum absolute atomic E-state index is 0.243. The number of benzene rings is 2. The van der Waals surface area contributed by atoms with Crippen LogP contribution in [-0.4, -0.2) is 13.0 Å². The number of rotatable bonds is 5. The van der Waals surface area contributed by atoms with Gasteiger partial charge in [0.1, 0.15) is 11.0 Å². The molecule has 0 aromatic heterocycles. The van der Waals surface area contributed by atoms with Gasteiger partial charge in [-0.3, -0.25) is 10.2 Å². The molecule has 2 aromatic carbocycles. The zero-order chi connectivity index (χ0) is 14.4. The minimum Gasteiger partial charge on any atom is -0.496 e. The van der Waals surface area contributed by atoms with Crippen LogP contribution in [0.2, 0.25) is 0 Å². The Morgan fingerprint density at radius 1 is 1.15 bits per heavy atom. The molecule has 1 atom stereocenters. The summed E-state index contributed by atoms with van der Waals surface area (Å²) < 4.78 is 5.31. The number of hydrogen-bond acceptors (Lipinski definition) is 4. The van der Waals surface area contributed by atoms with Gasteiger partial charge in [0.25, 0.3) is 5.91 Å². The van der Waals surface area contributed by atoms with Crippen LogP contribution in [-0.2, 0) is 4.79 Å². The predicted molar refractivity (Wildman–Crippen MR) is 80.4 cm³/mol. The Bertz CT molecular complexity index is 575. The Kier molecular flexibility index (Phi) is 5.03. The van der Waals surface area contributed by atoms with E-state index in [0.717, 1.165) is 16.2 Å². The fraction of sp³-hybridized carbons (Fsp3) is 0.133. The van der Waals surface area contributed by atoms with Crippen molar-refractivity contribution < 1.29 is 9.53 Å². The third-order valence-corrected chi connectivity index (χ3v) is 4.11. The lowest BCUT2D eigenvalue weighted by Crippen LogP contribution is -2.33. The number of carbonyl (C=O) groups is 1. The quantitative estimate of drug-likeness (QED) is 0.384. The third-order valence-electron chi connectivity index (χ3n) is 2.80. The molecule has 20 heavy (non-hydrogen) atoms. The molecule has 0 radical (unpaired) electrons. The van der Waals surface area contributed by atoms with Gasteiger partial charge in [-0.05, 0) is 17.7 Å². The SMILES string of the molecule is COc1ccccc1SC(C(=O)NN)c1ccccc1. The highest BCUT2D eigenvalue weighted by atomic mass is 32.2. The maximum Gasteiger partial charge on any atom is 0.251 e. The van der Waals surface area contributed by atoms with Crippen molar-refractivity contribution in [1.82, 2.24) is 5.43 Å². The zero-order valence-corrected chi connectivity index (χ0v) is 11.9. The van der Waals surface area contributed by atoms with Gasteiger partial charge in [0.05, 0.1) is 12.0 Å². The van der Waals surface area contributed by atoms with Gasteiger partial charge < -0.3 is 4.74 Å². The summed E-state index contributed by atoms with van der Waals surface area (Å²) in [6, 6.07) is 17.1. The summed E-state index contributed by atoms with van der Waals surface area (Å²) in [5.74, 6) is 5.79. The molecule has 0 bridgehead atoms. The number of nitrogens with two attached hydrogens (primary N) is 1. The summed E-state index contributed by atoms with van der Waals surface area (Å²) in [7, 11) is 1.61. The zero-order valence-electron chi connectivity index (χ0n) is 11.1. The van der Waals surface area contributed by atoms with Crippen molar-refractivity contribution in [3.63, 3.8) is 0 Å². The Labute approximate surface area is 122 Å². The molecule has 0 saturated heterocycles. The van der Waals surface area contributed by atoms with Crippen LogP contribution in [0.4, 0.5) is 0 Å². The molecule has 3 N–H and O–H groups in total. The first kappa shape index (κ1) is 14.4. The largest absolute Gasteiger partial charge is 0.496 e. The van der Waals surface area contributed by atoms with E-state index in [1.807, 2.05) is 54.6 Å². The smallest absolute Gasteiger partial charge is 0.251 e. The fourth-order valence-corrected chi connectivity index (χ4v) is 2.97. The number of hydrazine groups is 1. The van der Waals surface area contributed by atoms with E-state index in [-0.39, 0.29) is 5.91 Å². The molecule has 104 valence electrons. The Morgan fingerprint density at radius 3 is 2.45 bits per heavy atom. The van der Waals surface area contributed by atoms with Gasteiger partial charge in [-0.15, -0.1) is 11.8 Å². The molecule has 1 amide bonds. The Morgan fingerprint density at radius 2 is 1.80 bits per heavy atom. The first-order valence-electron chi connectivity index (χ1n) is 6.11. The lowest BCUT2D eigenvalue weighted by molar-refractivity contribution is -0.120. The molecule has 4 nitrogen and oxygen atoms in total. The average molecular weight is 288 g/mol. The van der Waals surface area contributed by atoms with E-state index in [9.17, 15) is 4.79 Å². The van der Waals surface area contributed by atoms with E-state index in [0.29, 0.717) is 0 Å². The summed E-state index contributed by atoms with van der Waals surface area (Å²) in [5.41, 5.74) is 3.12. The highest BCUT2D eigenvalue weighted by Crippen LogP contribution is 2.39. The first-order chi connectivity index (χ1) is 9.76. The Hall–Kier alpha value is -1.98. The number of thioether (sulfide) groups is 1. The lowest BCUT2D eigenvalue weighted by Gasteiger charge is -2.16. The highest BCUT2D eigenvalue weighted by molar-refractivity contribution is 8.00. The van der Waals surface area contributed by atoms with Crippen molar-refractivity contribution in [1.29, 1.82) is 0 Å². The molecular weight excluding hydrogens is 272 g/mol. The van der Waals surface area contributed by atoms with Gasteiger partial charge in [-0.1, -0.05) is 42.5 Å². The molecule has 0 aliphatic rings. The second kappa shape index (κ2) is 6.98. The first-order valence-corrected chi connectivity index (χ1v) is 6.99. The minimum atomic E-state index is -0.419. The van der Waals surface area contributed by atoms with Crippen molar-refractivity contribution in [2.75, 3.05) is 7.11 Å². The monoisotopic (exact) mass is 288 g/mol. The number of hydrogen-bond donors (Lipinski definition) is 2. The van der Waals surface area contributed by atoms with E-state index in [2.05, 4.69) is 5.43 Å². The summed E-state index contributed by atoms with van der Waals surface area (Å²) in [6.45, 7) is 0. The third kappa shape index (κ3) is 3.31. The van der Waals surface area contributed by atoms with Crippen LogP contribution >= 0.6 is 11.8 Å². The number of methoxy groups -OCH3 is 1. The van der Waals surface area contributed by atoms with Crippen molar-refractivity contribution in [3.05, 3.63) is 60.2 Å². The van der Waals surface area contributed by atoms with Crippen LogP contribution < -0.4 is 16.0 Å². The van der Waals surface area contributed by atoms with Crippen molar-refractivity contribution in [2.24, 2.45) is 5.84 Å². The van der Waals surface area contributed by atoms with Gasteiger partial charge in [0, 0.05) is 0 Å². The Balaban J connectivity index is 2.31. The number of carbonyl (C=O) groups excluding carboxylic acids is 1. The topological polar surface area (TPSA) is 64.3 Å². The number of para-hydroxylation sites is 1. The summed E-state index contributed by atoms with van der Waals surface area (Å²) in [4.78, 5) is 12.9. The van der Waals surface area contributed by atoms with Crippen LogP contribution in [0.1, 0.15) is 10.8 Å². The average Bonchev–Trinajstić information content (AvgIpc) is 2.53. The predicted octanol–water partition coefficient (Wildman–Crippen LogP) is 2.52. The molecule has 0 saturated carbocycles. The molecule has 5 heteroatoms. The van der Waals surface area contributed by atoms with Crippen LogP contribution in [0.25, 0.3) is 0 Å².